The standard InChI is InChI=1S/C22H17ClO2S/c1-13(24)21-9-8-17(26-21)11-15-12-20-18(6-3-7-19(20)22(15)25)14-4-2-5-16(23)10-14/h2-10,15,24H,1,11-12H2. The Bertz CT molecular complexity index is 1020. The van der Waals surface area contributed by atoms with Crippen LogP contribution in [0.4, 0.5) is 0 Å². The molecule has 1 aliphatic carbocycles. The van der Waals surface area contributed by atoms with E-state index in [0.717, 1.165) is 38.4 Å². The Morgan fingerprint density at radius 3 is 2.65 bits per heavy atom. The molecule has 4 heteroatoms. The zero-order valence-electron chi connectivity index (χ0n) is 14.0. The zero-order valence-corrected chi connectivity index (χ0v) is 15.6. The molecule has 0 amide bonds. The van der Waals surface area contributed by atoms with Crippen LogP contribution in [0.25, 0.3) is 16.9 Å². The van der Waals surface area contributed by atoms with Crippen LogP contribution in [0.5, 0.6) is 0 Å². The molecule has 1 aromatic heterocycles. The molecule has 1 aliphatic rings. The predicted molar refractivity (Wildman–Crippen MR) is 108 cm³/mol. The van der Waals surface area contributed by atoms with Crippen LogP contribution in [0.15, 0.2) is 61.2 Å². The highest BCUT2D eigenvalue weighted by atomic mass is 35.5. The second kappa shape index (κ2) is 6.75. The molecule has 1 N–H and O–H groups in total. The fourth-order valence-electron chi connectivity index (χ4n) is 3.57. The van der Waals surface area contributed by atoms with Crippen LogP contribution in [0.1, 0.15) is 25.7 Å². The zero-order chi connectivity index (χ0) is 18.3. The first kappa shape index (κ1) is 17.1. The van der Waals surface area contributed by atoms with Gasteiger partial charge in [0.25, 0.3) is 0 Å². The quantitative estimate of drug-likeness (QED) is 0.547. The van der Waals surface area contributed by atoms with Crippen LogP contribution in [-0.4, -0.2) is 10.9 Å². The van der Waals surface area contributed by atoms with E-state index in [1.807, 2.05) is 48.5 Å². The number of hydrogen-bond donors (Lipinski definition) is 1. The van der Waals surface area contributed by atoms with E-state index in [-0.39, 0.29) is 17.5 Å². The van der Waals surface area contributed by atoms with Crippen molar-refractivity contribution in [2.24, 2.45) is 5.92 Å². The largest absolute Gasteiger partial charge is 0.507 e. The van der Waals surface area contributed by atoms with Crippen LogP contribution in [0.2, 0.25) is 5.02 Å². The number of aliphatic hydroxyl groups is 1. The first-order valence-corrected chi connectivity index (χ1v) is 9.61. The number of aliphatic hydroxyl groups excluding tert-OH is 1. The van der Waals surface area contributed by atoms with Gasteiger partial charge in [-0.05, 0) is 53.8 Å². The van der Waals surface area contributed by atoms with E-state index in [1.165, 1.54) is 11.3 Å². The number of carbonyl (C=O) groups is 1. The van der Waals surface area contributed by atoms with Crippen molar-refractivity contribution >= 4 is 34.5 Å². The number of fused-ring (bicyclic) bond motifs is 1. The molecule has 1 atom stereocenters. The first-order valence-electron chi connectivity index (χ1n) is 8.42. The summed E-state index contributed by atoms with van der Waals surface area (Å²) in [6.45, 7) is 3.56. The molecule has 26 heavy (non-hydrogen) atoms. The van der Waals surface area contributed by atoms with E-state index in [0.29, 0.717) is 11.4 Å². The molecule has 2 nitrogen and oxygen atoms in total. The van der Waals surface area contributed by atoms with Gasteiger partial charge in [0, 0.05) is 21.4 Å². The number of ketones is 1. The van der Waals surface area contributed by atoms with Gasteiger partial charge in [0.05, 0.1) is 4.88 Å². The van der Waals surface area contributed by atoms with E-state index in [1.54, 1.807) is 0 Å². The lowest BCUT2D eigenvalue weighted by Crippen LogP contribution is -2.11. The molecule has 4 rings (SSSR count). The topological polar surface area (TPSA) is 37.3 Å². The number of hydrogen-bond acceptors (Lipinski definition) is 3. The highest BCUT2D eigenvalue weighted by Gasteiger charge is 2.32. The molecule has 2 aromatic carbocycles. The fourth-order valence-corrected chi connectivity index (χ4v) is 4.72. The smallest absolute Gasteiger partial charge is 0.166 e. The van der Waals surface area contributed by atoms with Gasteiger partial charge in [-0.15, -0.1) is 11.3 Å². The molecule has 130 valence electrons. The van der Waals surface area contributed by atoms with Gasteiger partial charge in [-0.2, -0.15) is 0 Å². The maximum atomic E-state index is 12.9. The van der Waals surface area contributed by atoms with Gasteiger partial charge in [0.1, 0.15) is 5.76 Å². The molecule has 0 radical (unpaired) electrons. The minimum Gasteiger partial charge on any atom is -0.507 e. The molecule has 0 bridgehead atoms. The molecule has 0 spiro atoms. The number of thiophene rings is 1. The van der Waals surface area contributed by atoms with E-state index < -0.39 is 0 Å². The lowest BCUT2D eigenvalue weighted by molar-refractivity contribution is 0.0936. The summed E-state index contributed by atoms with van der Waals surface area (Å²) in [4.78, 5) is 14.7. The van der Waals surface area contributed by atoms with Crippen LogP contribution >= 0.6 is 22.9 Å². The van der Waals surface area contributed by atoms with Crippen molar-refractivity contribution in [1.82, 2.24) is 0 Å². The summed E-state index contributed by atoms with van der Waals surface area (Å²) in [7, 11) is 0. The maximum Gasteiger partial charge on any atom is 0.166 e. The van der Waals surface area contributed by atoms with Crippen molar-refractivity contribution in [2.45, 2.75) is 12.8 Å². The Balaban J connectivity index is 1.65. The number of Topliss-reactive ketones (excluding diaryl/α,β-unsaturated/α-hetero) is 1. The number of carbonyl (C=O) groups excluding carboxylic acids is 1. The molecule has 0 fully saturated rings. The third kappa shape index (κ3) is 3.09. The second-order valence-electron chi connectivity index (χ2n) is 6.52. The van der Waals surface area contributed by atoms with Crippen LogP contribution in [0, 0.1) is 5.92 Å². The molecular formula is C22H17ClO2S. The molecule has 0 saturated heterocycles. The molecule has 1 heterocycles. The summed E-state index contributed by atoms with van der Waals surface area (Å²) in [6, 6.07) is 17.5. The summed E-state index contributed by atoms with van der Waals surface area (Å²) in [5.74, 6) is 0.205. The predicted octanol–water partition coefficient (Wildman–Crippen LogP) is 6.19. The lowest BCUT2D eigenvalue weighted by atomic mass is 9.96. The van der Waals surface area contributed by atoms with Crippen molar-refractivity contribution in [2.75, 3.05) is 0 Å². The van der Waals surface area contributed by atoms with Gasteiger partial charge in [-0.1, -0.05) is 48.5 Å². The molecule has 0 saturated carbocycles. The second-order valence-corrected chi connectivity index (χ2v) is 8.13. The Morgan fingerprint density at radius 1 is 1.15 bits per heavy atom. The van der Waals surface area contributed by atoms with Gasteiger partial charge in [0.2, 0.25) is 0 Å². The summed E-state index contributed by atoms with van der Waals surface area (Å²) < 4.78 is 0. The van der Waals surface area contributed by atoms with Gasteiger partial charge < -0.3 is 5.11 Å². The minimum absolute atomic E-state index is 0.0659. The Labute approximate surface area is 161 Å². The fraction of sp³-hybridized carbons (Fsp3) is 0.136. The number of rotatable bonds is 4. The normalized spacial score (nSPS) is 15.9. The Hall–Kier alpha value is -2.36. The summed E-state index contributed by atoms with van der Waals surface area (Å²) in [5, 5.41) is 10.2. The molecule has 0 aliphatic heterocycles. The van der Waals surface area contributed by atoms with Crippen LogP contribution < -0.4 is 0 Å². The van der Waals surface area contributed by atoms with Crippen molar-refractivity contribution in [3.8, 4) is 11.1 Å². The third-order valence-corrected chi connectivity index (χ3v) is 6.18. The van der Waals surface area contributed by atoms with Gasteiger partial charge in [-0.3, -0.25) is 4.79 Å². The van der Waals surface area contributed by atoms with Crippen molar-refractivity contribution in [3.05, 3.63) is 87.1 Å². The summed E-state index contributed by atoms with van der Waals surface area (Å²) >= 11 is 7.64. The van der Waals surface area contributed by atoms with E-state index in [9.17, 15) is 9.90 Å². The summed E-state index contributed by atoms with van der Waals surface area (Å²) in [5.41, 5.74) is 4.04. The Kier molecular flexibility index (Phi) is 4.43. The SMILES string of the molecule is C=C(O)c1ccc(CC2Cc3c(cccc3-c3cccc(Cl)c3)C2=O)s1. The molecule has 3 aromatic rings. The van der Waals surface area contributed by atoms with Crippen molar-refractivity contribution < 1.29 is 9.90 Å². The average Bonchev–Trinajstić information content (AvgIpc) is 3.21. The maximum absolute atomic E-state index is 12.9. The Morgan fingerprint density at radius 2 is 1.92 bits per heavy atom. The molecule has 1 unspecified atom stereocenters. The monoisotopic (exact) mass is 380 g/mol. The number of benzene rings is 2. The third-order valence-electron chi connectivity index (χ3n) is 4.79. The highest BCUT2D eigenvalue weighted by Crippen LogP contribution is 2.37. The first-order chi connectivity index (χ1) is 12.5. The van der Waals surface area contributed by atoms with Gasteiger partial charge in [-0.25, -0.2) is 0 Å². The van der Waals surface area contributed by atoms with Crippen LogP contribution in [0.3, 0.4) is 0 Å². The van der Waals surface area contributed by atoms with E-state index in [4.69, 9.17) is 11.6 Å². The average molecular weight is 381 g/mol. The minimum atomic E-state index is -0.0659. The summed E-state index contributed by atoms with van der Waals surface area (Å²) in [6.07, 6.45) is 1.41. The van der Waals surface area contributed by atoms with E-state index >= 15 is 0 Å². The van der Waals surface area contributed by atoms with Crippen molar-refractivity contribution in [1.29, 1.82) is 0 Å². The van der Waals surface area contributed by atoms with Crippen molar-refractivity contribution in [3.63, 3.8) is 0 Å². The van der Waals surface area contributed by atoms with Crippen LogP contribution in [-0.2, 0) is 12.8 Å². The van der Waals surface area contributed by atoms with Gasteiger partial charge >= 0.3 is 0 Å². The lowest BCUT2D eigenvalue weighted by Gasteiger charge is -2.09. The highest BCUT2D eigenvalue weighted by molar-refractivity contribution is 7.13. The van der Waals surface area contributed by atoms with Gasteiger partial charge in [0.15, 0.2) is 5.78 Å². The number of halogens is 1. The van der Waals surface area contributed by atoms with E-state index in [2.05, 4.69) is 12.6 Å². The molecular weight excluding hydrogens is 364 g/mol.